The summed E-state index contributed by atoms with van der Waals surface area (Å²) in [6.45, 7) is 0. The minimum absolute atomic E-state index is 0.392. The molecule has 0 aromatic heterocycles. The van der Waals surface area contributed by atoms with Gasteiger partial charge < -0.3 is 0 Å². The molecule has 3 fully saturated rings. The van der Waals surface area contributed by atoms with Gasteiger partial charge in [0.25, 0.3) is 0 Å². The molecule has 3 aliphatic heterocycles. The van der Waals surface area contributed by atoms with Crippen LogP contribution in [0.25, 0.3) is 0 Å². The first-order chi connectivity index (χ1) is 8.68. The quantitative estimate of drug-likeness (QED) is 0.682. The molecule has 0 unspecified atom stereocenters. The van der Waals surface area contributed by atoms with E-state index in [9.17, 15) is 12.6 Å². The van der Waals surface area contributed by atoms with Gasteiger partial charge in [-0.15, -0.1) is 0 Å². The zero-order chi connectivity index (χ0) is 13.2. The summed E-state index contributed by atoms with van der Waals surface area (Å²) in [6, 6.07) is 0. The van der Waals surface area contributed by atoms with E-state index in [-0.39, 0.29) is 0 Å². The molecular weight excluding hydrogens is 288 g/mol. The maximum absolute atomic E-state index is 10.6. The lowest BCUT2D eigenvalue weighted by Gasteiger charge is -2.06. The van der Waals surface area contributed by atoms with Crippen LogP contribution in [0, 0.1) is 0 Å². The van der Waals surface area contributed by atoms with E-state index in [0.717, 1.165) is 34.5 Å². The lowest BCUT2D eigenvalue weighted by molar-refractivity contribution is 0.658. The van der Waals surface area contributed by atoms with E-state index in [1.807, 2.05) is 0 Å². The third-order valence-corrected chi connectivity index (χ3v) is 7.45. The van der Waals surface area contributed by atoms with Crippen molar-refractivity contribution in [2.75, 3.05) is 34.5 Å². The van der Waals surface area contributed by atoms with Crippen LogP contribution in [-0.4, -0.2) is 47.1 Å². The molecule has 0 amide bonds. The fourth-order valence-electron chi connectivity index (χ4n) is 1.70. The van der Waals surface area contributed by atoms with Gasteiger partial charge in [-0.25, -0.2) is 0 Å². The Balaban J connectivity index is 0.000000137. The second kappa shape index (κ2) is 10.3. The standard InChI is InChI=1S/C5H10OS.C4H8OS.C3H6OS/c6-7-4-2-1-3-5-7;5-6-3-1-2-4-6;4-5-2-1-3-5/h1-5H2;1-4H2;1-3H2. The van der Waals surface area contributed by atoms with Crippen LogP contribution < -0.4 is 0 Å². The number of hydrogen-bond acceptors (Lipinski definition) is 3. The molecule has 0 aromatic carbocycles. The second-order valence-electron chi connectivity index (χ2n) is 4.67. The van der Waals surface area contributed by atoms with Crippen LogP contribution in [0.3, 0.4) is 0 Å². The van der Waals surface area contributed by atoms with Crippen LogP contribution >= 0.6 is 0 Å². The van der Waals surface area contributed by atoms with Crippen molar-refractivity contribution in [3.63, 3.8) is 0 Å². The van der Waals surface area contributed by atoms with E-state index in [4.69, 9.17) is 0 Å². The summed E-state index contributed by atoms with van der Waals surface area (Å²) in [5.41, 5.74) is 0. The molecule has 3 rings (SSSR count). The SMILES string of the molecule is O=S1CCC1.O=S1CCCC1.O=S1CCCCC1. The Morgan fingerprint density at radius 1 is 0.389 bits per heavy atom. The summed E-state index contributed by atoms with van der Waals surface area (Å²) in [5, 5.41) is 0. The van der Waals surface area contributed by atoms with Gasteiger partial charge in [0.1, 0.15) is 0 Å². The minimum atomic E-state index is -0.440. The van der Waals surface area contributed by atoms with Crippen LogP contribution in [0.1, 0.15) is 38.5 Å². The summed E-state index contributed by atoms with van der Waals surface area (Å²) in [5.74, 6) is 5.75. The van der Waals surface area contributed by atoms with E-state index in [1.54, 1.807) is 0 Å². The predicted octanol–water partition coefficient (Wildman–Crippen LogP) is 1.59. The molecule has 3 saturated heterocycles. The van der Waals surface area contributed by atoms with Crippen molar-refractivity contribution in [1.82, 2.24) is 0 Å². The Morgan fingerprint density at radius 3 is 0.833 bits per heavy atom. The summed E-state index contributed by atoms with van der Waals surface area (Å²) >= 11 is 0. The van der Waals surface area contributed by atoms with Gasteiger partial charge in [-0.05, 0) is 32.1 Å². The van der Waals surface area contributed by atoms with E-state index >= 15 is 0 Å². The molecule has 0 radical (unpaired) electrons. The highest BCUT2D eigenvalue weighted by atomic mass is 32.2. The fraction of sp³-hybridized carbons (Fsp3) is 1.00. The van der Waals surface area contributed by atoms with Gasteiger partial charge >= 0.3 is 0 Å². The number of hydrogen-bond donors (Lipinski definition) is 0. The first-order valence-electron chi connectivity index (χ1n) is 6.73. The van der Waals surface area contributed by atoms with Crippen LogP contribution in [0.4, 0.5) is 0 Å². The van der Waals surface area contributed by atoms with Crippen molar-refractivity contribution in [2.45, 2.75) is 38.5 Å². The third kappa shape index (κ3) is 8.53. The van der Waals surface area contributed by atoms with Crippen molar-refractivity contribution in [2.24, 2.45) is 0 Å². The smallest absolute Gasteiger partial charge is 0.0243 e. The Labute approximate surface area is 118 Å². The van der Waals surface area contributed by atoms with Crippen molar-refractivity contribution in [1.29, 1.82) is 0 Å². The fourth-order valence-corrected chi connectivity index (χ4v) is 4.73. The predicted molar refractivity (Wildman–Crippen MR) is 81.3 cm³/mol. The minimum Gasteiger partial charge on any atom is -0.260 e. The highest BCUT2D eigenvalue weighted by Gasteiger charge is 2.07. The molecule has 0 N–H and O–H groups in total. The van der Waals surface area contributed by atoms with Gasteiger partial charge in [0.05, 0.1) is 0 Å². The monoisotopic (exact) mass is 312 g/mol. The molecule has 3 heterocycles. The van der Waals surface area contributed by atoms with Gasteiger partial charge in [0, 0.05) is 66.9 Å². The largest absolute Gasteiger partial charge is 0.260 e. The Bertz CT molecular complexity index is 283. The first-order valence-corrected chi connectivity index (χ1v) is 11.2. The zero-order valence-electron chi connectivity index (χ0n) is 10.9. The zero-order valence-corrected chi connectivity index (χ0v) is 13.4. The van der Waals surface area contributed by atoms with E-state index in [2.05, 4.69) is 0 Å². The molecule has 3 aliphatic rings. The summed E-state index contributed by atoms with van der Waals surface area (Å²) in [7, 11) is -1.26. The molecule has 6 heteroatoms. The summed E-state index contributed by atoms with van der Waals surface area (Å²) < 4.78 is 30.9. The van der Waals surface area contributed by atoms with Crippen molar-refractivity contribution < 1.29 is 12.6 Å². The average Bonchev–Trinajstić information content (AvgIpc) is 2.80. The maximum atomic E-state index is 10.6. The third-order valence-electron chi connectivity index (χ3n) is 2.98. The molecule has 0 spiro atoms. The highest BCUT2D eigenvalue weighted by molar-refractivity contribution is 7.86. The van der Waals surface area contributed by atoms with Crippen LogP contribution in [0.5, 0.6) is 0 Å². The molecule has 108 valence electrons. The Kier molecular flexibility index (Phi) is 9.41. The van der Waals surface area contributed by atoms with Gasteiger partial charge in [0.2, 0.25) is 0 Å². The second-order valence-corrected chi connectivity index (χ2v) is 9.75. The van der Waals surface area contributed by atoms with Crippen LogP contribution in [0.2, 0.25) is 0 Å². The molecule has 0 aliphatic carbocycles. The number of rotatable bonds is 0. The van der Waals surface area contributed by atoms with Crippen molar-refractivity contribution in [3.05, 3.63) is 0 Å². The van der Waals surface area contributed by atoms with Crippen LogP contribution in [-0.2, 0) is 32.4 Å². The van der Waals surface area contributed by atoms with E-state index < -0.39 is 32.4 Å². The Hall–Kier alpha value is 0.450. The normalized spacial score (nSPS) is 25.3. The van der Waals surface area contributed by atoms with Gasteiger partial charge in [-0.3, -0.25) is 12.6 Å². The van der Waals surface area contributed by atoms with Crippen LogP contribution in [0.15, 0.2) is 0 Å². The van der Waals surface area contributed by atoms with Crippen molar-refractivity contribution in [3.8, 4) is 0 Å². The molecule has 0 atom stereocenters. The lowest BCUT2D eigenvalue weighted by atomic mass is 10.3. The molecule has 0 saturated carbocycles. The molecule has 18 heavy (non-hydrogen) atoms. The van der Waals surface area contributed by atoms with Gasteiger partial charge in [-0.1, -0.05) is 6.42 Å². The summed E-state index contributed by atoms with van der Waals surface area (Å²) in [6.07, 6.45) is 7.23. The molecule has 3 nitrogen and oxygen atoms in total. The topological polar surface area (TPSA) is 51.2 Å². The van der Waals surface area contributed by atoms with E-state index in [1.165, 1.54) is 38.5 Å². The molecule has 0 bridgehead atoms. The highest BCUT2D eigenvalue weighted by Crippen LogP contribution is 2.06. The lowest BCUT2D eigenvalue weighted by Crippen LogP contribution is -2.15. The Morgan fingerprint density at radius 2 is 0.667 bits per heavy atom. The maximum Gasteiger partial charge on any atom is 0.0243 e. The molecular formula is C12H24O3S3. The van der Waals surface area contributed by atoms with Crippen molar-refractivity contribution >= 4 is 32.4 Å². The molecule has 0 aromatic rings. The average molecular weight is 313 g/mol. The first kappa shape index (κ1) is 16.5. The van der Waals surface area contributed by atoms with Gasteiger partial charge in [-0.2, -0.15) is 0 Å². The van der Waals surface area contributed by atoms with E-state index in [0.29, 0.717) is 0 Å². The van der Waals surface area contributed by atoms with Gasteiger partial charge in [0.15, 0.2) is 0 Å². The summed E-state index contributed by atoms with van der Waals surface area (Å²) in [4.78, 5) is 0.